The van der Waals surface area contributed by atoms with Crippen LogP contribution in [0.1, 0.15) is 36.7 Å². The first-order valence-electron chi connectivity index (χ1n) is 11.3. The van der Waals surface area contributed by atoms with Gasteiger partial charge in [-0.3, -0.25) is 9.59 Å². The van der Waals surface area contributed by atoms with Crippen molar-refractivity contribution in [1.82, 2.24) is 10.7 Å². The maximum atomic E-state index is 12.7. The van der Waals surface area contributed by atoms with E-state index in [1.165, 1.54) is 13.3 Å². The van der Waals surface area contributed by atoms with E-state index in [0.29, 0.717) is 34.1 Å². The third kappa shape index (κ3) is 6.87. The second-order valence-electron chi connectivity index (χ2n) is 8.00. The number of methoxy groups -OCH3 is 1. The minimum absolute atomic E-state index is 0.102. The SMILES string of the molecule is CCOC(=O)COc1ccc(C=NNC(=O)C(NC(=O)c2ccc3c(c2)OCO3)C(C)C)cc1OC. The second kappa shape index (κ2) is 12.4. The van der Waals surface area contributed by atoms with E-state index < -0.39 is 23.8 Å². The molecule has 1 atom stereocenters. The third-order valence-corrected chi connectivity index (χ3v) is 5.10. The number of carbonyl (C=O) groups is 3. The molecule has 1 aliphatic heterocycles. The monoisotopic (exact) mass is 499 g/mol. The molecular weight excluding hydrogens is 470 g/mol. The number of nitrogens with zero attached hydrogens (tertiary/aromatic N) is 1. The van der Waals surface area contributed by atoms with E-state index >= 15 is 0 Å². The van der Waals surface area contributed by atoms with Crippen molar-refractivity contribution in [2.75, 3.05) is 27.1 Å². The Balaban J connectivity index is 1.59. The summed E-state index contributed by atoms with van der Waals surface area (Å²) in [6, 6.07) is 8.92. The van der Waals surface area contributed by atoms with Gasteiger partial charge in [0.05, 0.1) is 19.9 Å². The van der Waals surface area contributed by atoms with Crippen LogP contribution in [0.2, 0.25) is 0 Å². The highest BCUT2D eigenvalue weighted by Gasteiger charge is 2.25. The fourth-order valence-corrected chi connectivity index (χ4v) is 3.26. The van der Waals surface area contributed by atoms with Crippen molar-refractivity contribution < 1.29 is 38.1 Å². The Kier molecular flexibility index (Phi) is 9.09. The van der Waals surface area contributed by atoms with Gasteiger partial charge in [-0.1, -0.05) is 13.8 Å². The number of rotatable bonds is 11. The van der Waals surface area contributed by atoms with E-state index in [9.17, 15) is 14.4 Å². The zero-order chi connectivity index (χ0) is 26.1. The van der Waals surface area contributed by atoms with Gasteiger partial charge in [-0.25, -0.2) is 10.2 Å². The van der Waals surface area contributed by atoms with Crippen molar-refractivity contribution in [3.05, 3.63) is 47.5 Å². The lowest BCUT2D eigenvalue weighted by Crippen LogP contribution is -2.48. The van der Waals surface area contributed by atoms with Crippen LogP contribution in [0.3, 0.4) is 0 Å². The van der Waals surface area contributed by atoms with Crippen LogP contribution in [0.25, 0.3) is 0 Å². The van der Waals surface area contributed by atoms with E-state index in [0.717, 1.165) is 0 Å². The number of esters is 1. The van der Waals surface area contributed by atoms with Gasteiger partial charge in [-0.05, 0) is 54.8 Å². The van der Waals surface area contributed by atoms with Crippen molar-refractivity contribution in [3.8, 4) is 23.0 Å². The summed E-state index contributed by atoms with van der Waals surface area (Å²) in [4.78, 5) is 36.9. The van der Waals surface area contributed by atoms with Crippen molar-refractivity contribution in [2.45, 2.75) is 26.8 Å². The molecule has 2 aromatic carbocycles. The smallest absolute Gasteiger partial charge is 0.344 e. The van der Waals surface area contributed by atoms with Gasteiger partial charge in [0.25, 0.3) is 11.8 Å². The first-order chi connectivity index (χ1) is 17.3. The summed E-state index contributed by atoms with van der Waals surface area (Å²) in [7, 11) is 1.46. The van der Waals surface area contributed by atoms with E-state index in [-0.39, 0.29) is 25.9 Å². The first-order valence-corrected chi connectivity index (χ1v) is 11.3. The fourth-order valence-electron chi connectivity index (χ4n) is 3.26. The number of carbonyl (C=O) groups excluding carboxylic acids is 3. The number of fused-ring (bicyclic) bond motifs is 1. The third-order valence-electron chi connectivity index (χ3n) is 5.10. The molecule has 0 fully saturated rings. The van der Waals surface area contributed by atoms with Gasteiger partial charge in [0, 0.05) is 5.56 Å². The second-order valence-corrected chi connectivity index (χ2v) is 8.00. The molecule has 2 amide bonds. The molecule has 192 valence electrons. The molecule has 1 aliphatic rings. The van der Waals surface area contributed by atoms with Gasteiger partial charge in [-0.15, -0.1) is 0 Å². The number of hydrogen-bond donors (Lipinski definition) is 2. The molecule has 11 nitrogen and oxygen atoms in total. The number of hydrogen-bond acceptors (Lipinski definition) is 9. The first kappa shape index (κ1) is 26.3. The number of benzene rings is 2. The molecule has 0 spiro atoms. The molecule has 0 bridgehead atoms. The average molecular weight is 500 g/mol. The molecule has 1 unspecified atom stereocenters. The fraction of sp³-hybridized carbons (Fsp3) is 0.360. The Morgan fingerprint density at radius 3 is 2.58 bits per heavy atom. The van der Waals surface area contributed by atoms with E-state index in [1.54, 1.807) is 43.3 Å². The molecule has 0 aliphatic carbocycles. The van der Waals surface area contributed by atoms with Crippen LogP contribution >= 0.6 is 0 Å². The van der Waals surface area contributed by atoms with Crippen LogP contribution < -0.4 is 29.7 Å². The zero-order valence-corrected chi connectivity index (χ0v) is 20.5. The highest BCUT2D eigenvalue weighted by atomic mass is 16.7. The van der Waals surface area contributed by atoms with Gasteiger partial charge >= 0.3 is 5.97 Å². The Labute approximate surface area is 208 Å². The standard InChI is InChI=1S/C25H29N3O8/c1-5-33-22(29)13-34-18-8-6-16(10-20(18)32-4)12-26-28-25(31)23(15(2)3)27-24(30)17-7-9-19-21(11-17)36-14-35-19/h6-12,15,23H,5,13-14H2,1-4H3,(H,27,30)(H,28,31). The highest BCUT2D eigenvalue weighted by Crippen LogP contribution is 2.32. The maximum Gasteiger partial charge on any atom is 0.344 e. The zero-order valence-electron chi connectivity index (χ0n) is 20.5. The Bertz CT molecular complexity index is 1130. The van der Waals surface area contributed by atoms with Gasteiger partial charge in [0.15, 0.2) is 29.6 Å². The molecule has 2 N–H and O–H groups in total. The molecule has 0 radical (unpaired) electrons. The molecule has 2 aromatic rings. The summed E-state index contributed by atoms with van der Waals surface area (Å²) in [6.45, 7) is 5.46. The average Bonchev–Trinajstić information content (AvgIpc) is 3.34. The summed E-state index contributed by atoms with van der Waals surface area (Å²) >= 11 is 0. The Morgan fingerprint density at radius 2 is 1.86 bits per heavy atom. The minimum Gasteiger partial charge on any atom is -0.493 e. The van der Waals surface area contributed by atoms with Crippen LogP contribution in [0.5, 0.6) is 23.0 Å². The molecule has 36 heavy (non-hydrogen) atoms. The van der Waals surface area contributed by atoms with Crippen LogP contribution in [0, 0.1) is 5.92 Å². The molecule has 11 heteroatoms. The largest absolute Gasteiger partial charge is 0.493 e. The summed E-state index contributed by atoms with van der Waals surface area (Å²) in [5, 5.41) is 6.73. The number of ether oxygens (including phenoxy) is 5. The molecule has 0 aromatic heterocycles. The topological polar surface area (TPSA) is 134 Å². The molecule has 0 saturated carbocycles. The van der Waals surface area contributed by atoms with Gasteiger partial charge in [0.2, 0.25) is 6.79 Å². The van der Waals surface area contributed by atoms with E-state index in [2.05, 4.69) is 15.8 Å². The maximum absolute atomic E-state index is 12.7. The van der Waals surface area contributed by atoms with Gasteiger partial charge < -0.3 is 29.0 Å². The molecular formula is C25H29N3O8. The van der Waals surface area contributed by atoms with Crippen LogP contribution in [0.4, 0.5) is 0 Å². The van der Waals surface area contributed by atoms with Gasteiger partial charge in [-0.2, -0.15) is 5.10 Å². The van der Waals surface area contributed by atoms with E-state index in [1.807, 2.05) is 13.8 Å². The normalized spacial score (nSPS) is 12.8. The lowest BCUT2D eigenvalue weighted by Gasteiger charge is -2.20. The predicted octanol–water partition coefficient (Wildman–Crippen LogP) is 2.27. The predicted molar refractivity (Wildman–Crippen MR) is 130 cm³/mol. The van der Waals surface area contributed by atoms with Gasteiger partial charge in [0.1, 0.15) is 6.04 Å². The summed E-state index contributed by atoms with van der Waals surface area (Å²) < 4.78 is 26.1. The van der Waals surface area contributed by atoms with Crippen molar-refractivity contribution in [2.24, 2.45) is 11.0 Å². The Morgan fingerprint density at radius 1 is 1.08 bits per heavy atom. The lowest BCUT2D eigenvalue weighted by atomic mass is 10.0. The van der Waals surface area contributed by atoms with Crippen LogP contribution in [0.15, 0.2) is 41.5 Å². The van der Waals surface area contributed by atoms with Crippen LogP contribution in [-0.2, 0) is 14.3 Å². The Hall–Kier alpha value is -4.28. The lowest BCUT2D eigenvalue weighted by molar-refractivity contribution is -0.145. The van der Waals surface area contributed by atoms with Crippen molar-refractivity contribution in [3.63, 3.8) is 0 Å². The number of nitrogens with one attached hydrogen (secondary N) is 2. The van der Waals surface area contributed by atoms with E-state index in [4.69, 9.17) is 23.7 Å². The van der Waals surface area contributed by atoms with Crippen LogP contribution in [-0.4, -0.2) is 57.2 Å². The molecule has 1 heterocycles. The minimum atomic E-state index is -0.826. The molecule has 0 saturated heterocycles. The summed E-state index contributed by atoms with van der Waals surface area (Å²) in [5.41, 5.74) is 3.41. The summed E-state index contributed by atoms with van der Waals surface area (Å²) in [5.74, 6) is 0.196. The summed E-state index contributed by atoms with van der Waals surface area (Å²) in [6.07, 6.45) is 1.42. The number of amides is 2. The molecule has 3 rings (SSSR count). The van der Waals surface area contributed by atoms with Crippen molar-refractivity contribution >= 4 is 24.0 Å². The highest BCUT2D eigenvalue weighted by molar-refractivity contribution is 5.98. The number of hydrazone groups is 1. The quantitative estimate of drug-likeness (QED) is 0.273. The van der Waals surface area contributed by atoms with Crippen molar-refractivity contribution in [1.29, 1.82) is 0 Å².